The van der Waals surface area contributed by atoms with Gasteiger partial charge in [0.1, 0.15) is 10.8 Å². The minimum atomic E-state index is 0.00874. The Morgan fingerprint density at radius 2 is 1.93 bits per heavy atom. The predicted octanol–water partition coefficient (Wildman–Crippen LogP) is 4.75. The number of anilines is 1. The van der Waals surface area contributed by atoms with E-state index in [0.717, 1.165) is 27.4 Å². The van der Waals surface area contributed by atoms with Crippen LogP contribution in [-0.2, 0) is 11.2 Å². The molecule has 0 radical (unpaired) electrons. The Morgan fingerprint density at radius 3 is 2.64 bits per heavy atom. The van der Waals surface area contributed by atoms with Crippen molar-refractivity contribution in [3.05, 3.63) is 59.7 Å². The second kappa shape index (κ2) is 8.97. The molecular formula is C22H25N3O2S. The Balaban J connectivity index is 1.86. The second-order valence-electron chi connectivity index (χ2n) is 7.13. The maximum absolute atomic E-state index is 13.1. The van der Waals surface area contributed by atoms with Crippen LogP contribution in [0.5, 0.6) is 5.75 Å². The lowest BCUT2D eigenvalue weighted by Crippen LogP contribution is -2.35. The topological polar surface area (TPSA) is 55.3 Å². The Hall–Kier alpha value is -2.73. The third-order valence-electron chi connectivity index (χ3n) is 4.36. The standard InChI is InChI=1S/C22H25N3O2S/c1-15(2)14-25(20(26)13-17-9-7-10-18(12-17)27-4)22-24-23-21(28-22)19-11-6-5-8-16(19)3/h5-12,15H,13-14H2,1-4H3. The first kappa shape index (κ1) is 20.0. The Labute approximate surface area is 170 Å². The molecule has 3 rings (SSSR count). The molecular weight excluding hydrogens is 370 g/mol. The molecule has 1 amide bonds. The van der Waals surface area contributed by atoms with E-state index in [1.807, 2.05) is 42.5 Å². The highest BCUT2D eigenvalue weighted by Gasteiger charge is 2.22. The van der Waals surface area contributed by atoms with E-state index in [0.29, 0.717) is 24.0 Å². The van der Waals surface area contributed by atoms with Gasteiger partial charge in [0.2, 0.25) is 11.0 Å². The predicted molar refractivity (Wildman–Crippen MR) is 114 cm³/mol. The number of aromatic nitrogens is 2. The van der Waals surface area contributed by atoms with Gasteiger partial charge >= 0.3 is 0 Å². The Bertz CT molecular complexity index is 952. The number of carbonyl (C=O) groups is 1. The largest absolute Gasteiger partial charge is 0.497 e. The van der Waals surface area contributed by atoms with Crippen LogP contribution in [0.25, 0.3) is 10.6 Å². The summed E-state index contributed by atoms with van der Waals surface area (Å²) in [6, 6.07) is 15.7. The lowest BCUT2D eigenvalue weighted by Gasteiger charge is -2.21. The zero-order valence-electron chi connectivity index (χ0n) is 16.7. The van der Waals surface area contributed by atoms with Crippen molar-refractivity contribution in [1.29, 1.82) is 0 Å². The van der Waals surface area contributed by atoms with Crippen molar-refractivity contribution in [1.82, 2.24) is 10.2 Å². The number of methoxy groups -OCH3 is 1. The van der Waals surface area contributed by atoms with Crippen LogP contribution in [0, 0.1) is 12.8 Å². The van der Waals surface area contributed by atoms with Crippen LogP contribution in [0.15, 0.2) is 48.5 Å². The van der Waals surface area contributed by atoms with Crippen LogP contribution in [0.1, 0.15) is 25.0 Å². The first-order valence-corrected chi connectivity index (χ1v) is 10.1. The van der Waals surface area contributed by atoms with Gasteiger partial charge in [0, 0.05) is 12.1 Å². The van der Waals surface area contributed by atoms with Crippen molar-refractivity contribution < 1.29 is 9.53 Å². The highest BCUT2D eigenvalue weighted by molar-refractivity contribution is 7.18. The summed E-state index contributed by atoms with van der Waals surface area (Å²) in [6.07, 6.45) is 0.295. The number of benzene rings is 2. The van der Waals surface area contributed by atoms with Gasteiger partial charge in [0.15, 0.2) is 0 Å². The van der Waals surface area contributed by atoms with E-state index in [2.05, 4.69) is 37.0 Å². The van der Waals surface area contributed by atoms with Crippen LogP contribution < -0.4 is 9.64 Å². The van der Waals surface area contributed by atoms with Crippen molar-refractivity contribution in [3.63, 3.8) is 0 Å². The molecule has 0 atom stereocenters. The summed E-state index contributed by atoms with van der Waals surface area (Å²) < 4.78 is 5.26. The van der Waals surface area contributed by atoms with Crippen LogP contribution in [0.4, 0.5) is 5.13 Å². The molecule has 0 aliphatic heterocycles. The summed E-state index contributed by atoms with van der Waals surface area (Å²) >= 11 is 1.45. The van der Waals surface area contributed by atoms with E-state index >= 15 is 0 Å². The summed E-state index contributed by atoms with van der Waals surface area (Å²) in [5, 5.41) is 10.1. The van der Waals surface area contributed by atoms with Gasteiger partial charge < -0.3 is 4.74 Å². The highest BCUT2D eigenvalue weighted by atomic mass is 32.1. The summed E-state index contributed by atoms with van der Waals surface area (Å²) in [5.41, 5.74) is 3.11. The molecule has 0 bridgehead atoms. The monoisotopic (exact) mass is 395 g/mol. The summed E-state index contributed by atoms with van der Waals surface area (Å²) in [5.74, 6) is 1.08. The molecule has 1 aromatic heterocycles. The molecule has 0 saturated heterocycles. The second-order valence-corrected chi connectivity index (χ2v) is 8.09. The molecule has 1 heterocycles. The van der Waals surface area contributed by atoms with Crippen LogP contribution in [0.2, 0.25) is 0 Å². The smallest absolute Gasteiger partial charge is 0.233 e. The fourth-order valence-corrected chi connectivity index (χ4v) is 3.91. The molecule has 0 spiro atoms. The molecule has 3 aromatic rings. The van der Waals surface area contributed by atoms with Gasteiger partial charge in [0.05, 0.1) is 13.5 Å². The Morgan fingerprint density at radius 1 is 1.14 bits per heavy atom. The number of carbonyl (C=O) groups excluding carboxylic acids is 1. The van der Waals surface area contributed by atoms with Crippen LogP contribution in [0.3, 0.4) is 0 Å². The van der Waals surface area contributed by atoms with Crippen molar-refractivity contribution >= 4 is 22.4 Å². The number of ether oxygens (including phenoxy) is 1. The first-order chi connectivity index (χ1) is 13.5. The van der Waals surface area contributed by atoms with Gasteiger partial charge in [0.25, 0.3) is 0 Å². The molecule has 0 saturated carbocycles. The van der Waals surface area contributed by atoms with Crippen molar-refractivity contribution in [3.8, 4) is 16.3 Å². The van der Waals surface area contributed by atoms with E-state index in [4.69, 9.17) is 4.74 Å². The van der Waals surface area contributed by atoms with Crippen molar-refractivity contribution in [2.45, 2.75) is 27.2 Å². The van der Waals surface area contributed by atoms with Crippen molar-refractivity contribution in [2.24, 2.45) is 5.92 Å². The minimum Gasteiger partial charge on any atom is -0.497 e. The van der Waals surface area contributed by atoms with E-state index in [-0.39, 0.29) is 5.91 Å². The fraction of sp³-hybridized carbons (Fsp3) is 0.318. The Kier molecular flexibility index (Phi) is 6.41. The quantitative estimate of drug-likeness (QED) is 0.579. The van der Waals surface area contributed by atoms with Crippen molar-refractivity contribution in [2.75, 3.05) is 18.6 Å². The van der Waals surface area contributed by atoms with Gasteiger partial charge in [-0.25, -0.2) is 0 Å². The molecule has 0 N–H and O–H groups in total. The molecule has 0 aliphatic rings. The minimum absolute atomic E-state index is 0.00874. The molecule has 5 nitrogen and oxygen atoms in total. The van der Waals surface area contributed by atoms with Gasteiger partial charge in [-0.15, -0.1) is 10.2 Å². The van der Waals surface area contributed by atoms with E-state index in [9.17, 15) is 4.79 Å². The zero-order chi connectivity index (χ0) is 20.1. The molecule has 2 aromatic carbocycles. The average molecular weight is 396 g/mol. The maximum Gasteiger partial charge on any atom is 0.233 e. The van der Waals surface area contributed by atoms with Gasteiger partial charge in [-0.05, 0) is 36.1 Å². The van der Waals surface area contributed by atoms with E-state index in [1.54, 1.807) is 12.0 Å². The average Bonchev–Trinajstić information content (AvgIpc) is 3.16. The molecule has 146 valence electrons. The molecule has 6 heteroatoms. The third kappa shape index (κ3) is 4.75. The molecule has 0 aliphatic carbocycles. The van der Waals surface area contributed by atoms with Gasteiger partial charge in [-0.3, -0.25) is 9.69 Å². The normalized spacial score (nSPS) is 10.9. The number of nitrogens with zero attached hydrogens (tertiary/aromatic N) is 3. The zero-order valence-corrected chi connectivity index (χ0v) is 17.5. The van der Waals surface area contributed by atoms with E-state index in [1.165, 1.54) is 11.3 Å². The number of hydrogen-bond acceptors (Lipinski definition) is 5. The van der Waals surface area contributed by atoms with E-state index < -0.39 is 0 Å². The first-order valence-electron chi connectivity index (χ1n) is 9.30. The summed E-state index contributed by atoms with van der Waals surface area (Å²) in [7, 11) is 1.63. The lowest BCUT2D eigenvalue weighted by atomic mass is 10.1. The fourth-order valence-electron chi connectivity index (χ4n) is 2.95. The van der Waals surface area contributed by atoms with Gasteiger partial charge in [-0.1, -0.05) is 61.6 Å². The maximum atomic E-state index is 13.1. The molecule has 0 fully saturated rings. The highest BCUT2D eigenvalue weighted by Crippen LogP contribution is 2.31. The molecule has 28 heavy (non-hydrogen) atoms. The summed E-state index contributed by atoms with van der Waals surface area (Å²) in [6.45, 7) is 6.84. The third-order valence-corrected chi connectivity index (χ3v) is 5.34. The molecule has 0 unspecified atom stereocenters. The lowest BCUT2D eigenvalue weighted by molar-refractivity contribution is -0.118. The van der Waals surface area contributed by atoms with Gasteiger partial charge in [-0.2, -0.15) is 0 Å². The summed E-state index contributed by atoms with van der Waals surface area (Å²) in [4.78, 5) is 14.8. The van der Waals surface area contributed by atoms with Crippen LogP contribution in [-0.4, -0.2) is 29.8 Å². The van der Waals surface area contributed by atoms with Crippen LogP contribution >= 0.6 is 11.3 Å². The SMILES string of the molecule is COc1cccc(CC(=O)N(CC(C)C)c2nnc(-c3ccccc3C)s2)c1. The number of aryl methyl sites for hydroxylation is 1. The number of amides is 1. The number of rotatable bonds is 7. The number of hydrogen-bond donors (Lipinski definition) is 0.